The van der Waals surface area contributed by atoms with Crippen molar-refractivity contribution < 1.29 is 4.74 Å². The van der Waals surface area contributed by atoms with Gasteiger partial charge in [-0.2, -0.15) is 0 Å². The molecule has 0 saturated carbocycles. The zero-order chi connectivity index (χ0) is 15.5. The number of benzene rings is 2. The summed E-state index contributed by atoms with van der Waals surface area (Å²) in [4.78, 5) is 0. The third-order valence-electron chi connectivity index (χ3n) is 3.84. The molecule has 0 N–H and O–H groups in total. The molecule has 3 rings (SSSR count). The predicted octanol–water partition coefficient (Wildman–Crippen LogP) is 6.18. The summed E-state index contributed by atoms with van der Waals surface area (Å²) in [6.07, 6.45) is 4.12. The van der Waals surface area contributed by atoms with Crippen molar-refractivity contribution in [3.63, 3.8) is 0 Å². The molecule has 3 heteroatoms. The fourth-order valence-corrected chi connectivity index (χ4v) is 3.18. The molecule has 0 heterocycles. The minimum atomic E-state index is 0.732. The molecule has 0 aromatic heterocycles. The van der Waals surface area contributed by atoms with E-state index >= 15 is 0 Å². The lowest BCUT2D eigenvalue weighted by molar-refractivity contribution is 0.415. The second kappa shape index (κ2) is 6.60. The van der Waals surface area contributed by atoms with E-state index in [1.807, 2.05) is 36.4 Å². The summed E-state index contributed by atoms with van der Waals surface area (Å²) in [6.45, 7) is 0. The van der Waals surface area contributed by atoms with Gasteiger partial charge < -0.3 is 4.74 Å². The zero-order valence-corrected chi connectivity index (χ0v) is 13.8. The molecule has 0 fully saturated rings. The van der Waals surface area contributed by atoms with E-state index in [0.717, 1.165) is 45.3 Å². The molecule has 0 unspecified atom stereocenters. The van der Waals surface area contributed by atoms with Crippen LogP contribution in [0.2, 0.25) is 5.02 Å². The summed E-state index contributed by atoms with van der Waals surface area (Å²) in [7, 11) is 1.67. The quantitative estimate of drug-likeness (QED) is 0.653. The van der Waals surface area contributed by atoms with Crippen LogP contribution in [0.5, 0.6) is 5.75 Å². The molecule has 1 aliphatic carbocycles. The minimum Gasteiger partial charge on any atom is -0.497 e. The summed E-state index contributed by atoms with van der Waals surface area (Å²) in [5, 5.41) is 1.55. The highest BCUT2D eigenvalue weighted by molar-refractivity contribution is 6.40. The Kier molecular flexibility index (Phi) is 4.56. The van der Waals surface area contributed by atoms with Crippen molar-refractivity contribution in [1.82, 2.24) is 0 Å². The topological polar surface area (TPSA) is 9.23 Å². The fourth-order valence-electron chi connectivity index (χ4n) is 2.66. The highest BCUT2D eigenvalue weighted by Crippen LogP contribution is 2.40. The Bertz CT molecular complexity index is 725. The van der Waals surface area contributed by atoms with Crippen molar-refractivity contribution in [2.75, 3.05) is 7.11 Å². The van der Waals surface area contributed by atoms with Crippen LogP contribution >= 0.6 is 23.2 Å². The van der Waals surface area contributed by atoms with Crippen molar-refractivity contribution in [3.8, 4) is 5.75 Å². The van der Waals surface area contributed by atoms with Crippen LogP contribution < -0.4 is 4.74 Å². The normalized spacial score (nSPS) is 14.8. The van der Waals surface area contributed by atoms with Crippen molar-refractivity contribution >= 4 is 34.3 Å². The molecular formula is C19H16Cl2O. The molecule has 1 nitrogen and oxygen atoms in total. The molecule has 0 bridgehead atoms. The van der Waals surface area contributed by atoms with Crippen molar-refractivity contribution in [2.45, 2.75) is 12.8 Å². The summed E-state index contributed by atoms with van der Waals surface area (Å²) in [5.74, 6) is 0.852. The number of halogens is 2. The average molecular weight is 331 g/mol. The lowest BCUT2D eigenvalue weighted by Gasteiger charge is -2.19. The minimum absolute atomic E-state index is 0.732. The molecule has 22 heavy (non-hydrogen) atoms. The first-order valence-electron chi connectivity index (χ1n) is 7.18. The van der Waals surface area contributed by atoms with Crippen LogP contribution in [-0.4, -0.2) is 7.11 Å². The van der Waals surface area contributed by atoms with E-state index in [9.17, 15) is 0 Å². The molecule has 1 aliphatic rings. The zero-order valence-electron chi connectivity index (χ0n) is 12.3. The number of hydrogen-bond donors (Lipinski definition) is 0. The van der Waals surface area contributed by atoms with Crippen LogP contribution in [0.3, 0.4) is 0 Å². The predicted molar refractivity (Wildman–Crippen MR) is 94.4 cm³/mol. The van der Waals surface area contributed by atoms with Crippen LogP contribution in [0.4, 0.5) is 0 Å². The van der Waals surface area contributed by atoms with Gasteiger partial charge in [-0.3, -0.25) is 0 Å². The first-order chi connectivity index (χ1) is 10.7. The van der Waals surface area contributed by atoms with E-state index in [-0.39, 0.29) is 0 Å². The Morgan fingerprint density at radius 3 is 2.14 bits per heavy atom. The van der Waals surface area contributed by atoms with E-state index in [0.29, 0.717) is 0 Å². The molecular weight excluding hydrogens is 315 g/mol. The molecule has 0 aliphatic heterocycles. The Hall–Kier alpha value is -1.70. The van der Waals surface area contributed by atoms with Gasteiger partial charge >= 0.3 is 0 Å². The molecule has 0 saturated heterocycles. The third-order valence-corrected chi connectivity index (χ3v) is 4.52. The Labute approximate surface area is 140 Å². The third kappa shape index (κ3) is 3.06. The van der Waals surface area contributed by atoms with Crippen LogP contribution in [0.25, 0.3) is 11.1 Å². The Balaban J connectivity index is 1.98. The van der Waals surface area contributed by atoms with Gasteiger partial charge in [0.05, 0.1) is 12.1 Å². The highest BCUT2D eigenvalue weighted by Gasteiger charge is 2.17. The van der Waals surface area contributed by atoms with E-state index in [1.54, 1.807) is 7.11 Å². The molecule has 2 aromatic rings. The second-order valence-corrected chi connectivity index (χ2v) is 6.00. The lowest BCUT2D eigenvalue weighted by atomic mass is 9.90. The van der Waals surface area contributed by atoms with Gasteiger partial charge in [0.2, 0.25) is 0 Å². The molecule has 0 amide bonds. The van der Waals surface area contributed by atoms with Crippen molar-refractivity contribution in [1.29, 1.82) is 0 Å². The Morgan fingerprint density at radius 1 is 0.864 bits per heavy atom. The second-order valence-electron chi connectivity index (χ2n) is 5.18. The van der Waals surface area contributed by atoms with Gasteiger partial charge in [0.25, 0.3) is 0 Å². The van der Waals surface area contributed by atoms with Crippen LogP contribution in [-0.2, 0) is 0 Å². The lowest BCUT2D eigenvalue weighted by Crippen LogP contribution is -1.97. The van der Waals surface area contributed by atoms with E-state index < -0.39 is 0 Å². The average Bonchev–Trinajstić information content (AvgIpc) is 2.56. The summed E-state index contributed by atoms with van der Waals surface area (Å²) < 4.78 is 5.21. The largest absolute Gasteiger partial charge is 0.497 e. The van der Waals surface area contributed by atoms with Crippen molar-refractivity contribution in [2.24, 2.45) is 0 Å². The van der Waals surface area contributed by atoms with Gasteiger partial charge in [-0.25, -0.2) is 0 Å². The summed E-state index contributed by atoms with van der Waals surface area (Å²) in [5.41, 5.74) is 4.50. The summed E-state index contributed by atoms with van der Waals surface area (Å²) in [6, 6.07) is 15.8. The van der Waals surface area contributed by atoms with Gasteiger partial charge in [-0.05, 0) is 59.4 Å². The number of rotatable bonds is 3. The monoisotopic (exact) mass is 330 g/mol. The number of allylic oxidation sites excluding steroid dienone is 4. The van der Waals surface area contributed by atoms with Gasteiger partial charge in [0, 0.05) is 5.02 Å². The van der Waals surface area contributed by atoms with E-state index in [1.165, 1.54) is 5.57 Å². The first-order valence-corrected chi connectivity index (χ1v) is 7.94. The molecule has 0 spiro atoms. The van der Waals surface area contributed by atoms with Crippen LogP contribution in [0, 0.1) is 0 Å². The number of hydrogen-bond acceptors (Lipinski definition) is 1. The van der Waals surface area contributed by atoms with E-state index in [4.69, 9.17) is 27.9 Å². The van der Waals surface area contributed by atoms with Gasteiger partial charge in [-0.1, -0.05) is 53.5 Å². The Morgan fingerprint density at radius 2 is 1.50 bits per heavy atom. The summed E-state index contributed by atoms with van der Waals surface area (Å²) >= 11 is 12.6. The molecule has 0 atom stereocenters. The molecule has 2 aromatic carbocycles. The van der Waals surface area contributed by atoms with Gasteiger partial charge in [-0.15, -0.1) is 0 Å². The maximum atomic E-state index is 6.68. The number of methoxy groups -OCH3 is 1. The first kappa shape index (κ1) is 15.2. The molecule has 112 valence electrons. The van der Waals surface area contributed by atoms with Crippen molar-refractivity contribution in [3.05, 3.63) is 75.8 Å². The smallest absolute Gasteiger partial charge is 0.118 e. The standard InChI is InChI=1S/C19H16Cl2O/c1-22-16-11-7-14(8-12-16)18-4-2-3-17(19(18)21)13-5-9-15(20)10-6-13/h3,5-12H,2,4H2,1H3. The maximum Gasteiger partial charge on any atom is 0.118 e. The fraction of sp³-hybridized carbons (Fsp3) is 0.158. The molecule has 0 radical (unpaired) electrons. The SMILES string of the molecule is COc1ccc(C2=C(Cl)C(c3ccc(Cl)cc3)=CCC2)cc1. The van der Waals surface area contributed by atoms with Gasteiger partial charge in [0.15, 0.2) is 0 Å². The van der Waals surface area contributed by atoms with Gasteiger partial charge in [0.1, 0.15) is 5.75 Å². The number of ether oxygens (including phenoxy) is 1. The van der Waals surface area contributed by atoms with Crippen LogP contribution in [0.15, 0.2) is 59.6 Å². The van der Waals surface area contributed by atoms with E-state index in [2.05, 4.69) is 18.2 Å². The van der Waals surface area contributed by atoms with Crippen LogP contribution in [0.1, 0.15) is 24.0 Å². The maximum absolute atomic E-state index is 6.68. The highest BCUT2D eigenvalue weighted by atomic mass is 35.5.